The Kier molecular flexibility index (Phi) is 6.94. The maximum Gasteiger partial charge on any atom is 0.306 e. The number of hydrogen-bond acceptors (Lipinski definition) is 4. The molecule has 0 spiro atoms. The fourth-order valence-electron chi connectivity index (χ4n) is 2.78. The van der Waals surface area contributed by atoms with Crippen LogP contribution in [0.5, 0.6) is 0 Å². The fourth-order valence-corrected chi connectivity index (χ4v) is 2.78. The van der Waals surface area contributed by atoms with Crippen molar-refractivity contribution < 1.29 is 24.2 Å². The van der Waals surface area contributed by atoms with Crippen LogP contribution in [0.2, 0.25) is 0 Å². The molecule has 7 heteroatoms. The third-order valence-corrected chi connectivity index (χ3v) is 4.18. The first kappa shape index (κ1) is 18.9. The summed E-state index contributed by atoms with van der Waals surface area (Å²) in [5.41, 5.74) is 1.11. The van der Waals surface area contributed by atoms with Crippen molar-refractivity contribution in [2.75, 3.05) is 32.8 Å². The molecule has 1 aliphatic heterocycles. The molecule has 1 heterocycles. The first-order valence-electron chi connectivity index (χ1n) is 8.36. The number of rotatable bonds is 7. The van der Waals surface area contributed by atoms with Crippen LogP contribution in [0.4, 0.5) is 0 Å². The van der Waals surface area contributed by atoms with Gasteiger partial charge in [-0.05, 0) is 12.0 Å². The summed E-state index contributed by atoms with van der Waals surface area (Å²) in [4.78, 5) is 38.2. The molecular weight excluding hydrogens is 324 g/mol. The number of hydrogen-bond donors (Lipinski definition) is 1. The van der Waals surface area contributed by atoms with Crippen LogP contribution in [0.1, 0.15) is 18.9 Å². The van der Waals surface area contributed by atoms with E-state index in [2.05, 4.69) is 0 Å². The molecule has 2 amide bonds. The number of nitrogens with zero attached hydrogens (tertiary/aromatic N) is 2. The van der Waals surface area contributed by atoms with Crippen molar-refractivity contribution in [3.8, 4) is 0 Å². The van der Waals surface area contributed by atoms with Gasteiger partial charge in [0.2, 0.25) is 11.8 Å². The third kappa shape index (κ3) is 6.19. The second kappa shape index (κ2) is 9.17. The molecule has 1 fully saturated rings. The van der Waals surface area contributed by atoms with Crippen molar-refractivity contribution in [1.82, 2.24) is 9.80 Å². The van der Waals surface area contributed by atoms with E-state index in [1.54, 1.807) is 4.90 Å². The van der Waals surface area contributed by atoms with Crippen LogP contribution in [0, 0.1) is 0 Å². The molecule has 0 aliphatic carbocycles. The summed E-state index contributed by atoms with van der Waals surface area (Å²) in [6, 6.07) is 9.78. The summed E-state index contributed by atoms with van der Waals surface area (Å²) in [5, 5.41) is 8.85. The van der Waals surface area contributed by atoms with Crippen molar-refractivity contribution in [1.29, 1.82) is 0 Å². The quantitative estimate of drug-likeness (QED) is 0.787. The zero-order valence-electron chi connectivity index (χ0n) is 14.4. The minimum Gasteiger partial charge on any atom is -0.481 e. The zero-order chi connectivity index (χ0) is 18.2. The molecule has 1 unspecified atom stereocenters. The zero-order valence-corrected chi connectivity index (χ0v) is 14.4. The molecule has 0 aromatic heterocycles. The van der Waals surface area contributed by atoms with Gasteiger partial charge in [-0.3, -0.25) is 14.4 Å². The average Bonchev–Trinajstić information content (AvgIpc) is 2.58. The maximum atomic E-state index is 12.5. The normalized spacial score (nSPS) is 17.2. The monoisotopic (exact) mass is 348 g/mol. The lowest BCUT2D eigenvalue weighted by molar-refractivity contribution is -0.149. The van der Waals surface area contributed by atoms with E-state index in [9.17, 15) is 14.4 Å². The molecule has 0 radical (unpaired) electrons. The topological polar surface area (TPSA) is 87.2 Å². The van der Waals surface area contributed by atoms with Crippen molar-refractivity contribution in [3.05, 3.63) is 35.9 Å². The standard InChI is InChI=1S/C18H24N2O5/c1-14(21)19(8-7-15-5-3-2-4-6-15)13-17(22)20-9-10-25-16(12-20)11-18(23)24/h2-6,16H,7-13H2,1H3,(H,23,24). The first-order valence-corrected chi connectivity index (χ1v) is 8.36. The molecule has 0 bridgehead atoms. The van der Waals surface area contributed by atoms with Crippen molar-refractivity contribution >= 4 is 17.8 Å². The van der Waals surface area contributed by atoms with E-state index < -0.39 is 12.1 Å². The Morgan fingerprint density at radius 3 is 2.64 bits per heavy atom. The van der Waals surface area contributed by atoms with Gasteiger partial charge in [-0.25, -0.2) is 0 Å². The molecule has 1 N–H and O–H groups in total. The number of carbonyl (C=O) groups excluding carboxylic acids is 2. The Morgan fingerprint density at radius 2 is 2.00 bits per heavy atom. The van der Waals surface area contributed by atoms with Gasteiger partial charge in [-0.2, -0.15) is 0 Å². The van der Waals surface area contributed by atoms with Crippen molar-refractivity contribution in [3.63, 3.8) is 0 Å². The number of benzene rings is 1. The molecule has 0 saturated carbocycles. The summed E-state index contributed by atoms with van der Waals surface area (Å²) >= 11 is 0. The Hall–Kier alpha value is -2.41. The van der Waals surface area contributed by atoms with E-state index >= 15 is 0 Å². The van der Waals surface area contributed by atoms with E-state index in [1.165, 1.54) is 11.8 Å². The first-order chi connectivity index (χ1) is 12.0. The second-order valence-corrected chi connectivity index (χ2v) is 6.11. The molecule has 1 saturated heterocycles. The van der Waals surface area contributed by atoms with Gasteiger partial charge in [-0.1, -0.05) is 30.3 Å². The predicted molar refractivity (Wildman–Crippen MR) is 91.0 cm³/mol. The highest BCUT2D eigenvalue weighted by Gasteiger charge is 2.27. The van der Waals surface area contributed by atoms with Crippen LogP contribution in [0.25, 0.3) is 0 Å². The number of morpholine rings is 1. The SMILES string of the molecule is CC(=O)N(CCc1ccccc1)CC(=O)N1CCOC(CC(=O)O)C1. The minimum absolute atomic E-state index is 0.00194. The van der Waals surface area contributed by atoms with E-state index in [4.69, 9.17) is 9.84 Å². The lowest BCUT2D eigenvalue weighted by Crippen LogP contribution is -2.50. The highest BCUT2D eigenvalue weighted by molar-refractivity contribution is 5.84. The number of carboxylic acids is 1. The van der Waals surface area contributed by atoms with Crippen molar-refractivity contribution in [2.45, 2.75) is 25.9 Å². The number of carboxylic acid groups (broad SMARTS) is 1. The van der Waals surface area contributed by atoms with Gasteiger partial charge in [0, 0.05) is 26.6 Å². The summed E-state index contributed by atoms with van der Waals surface area (Å²) in [6.07, 6.45) is 0.0532. The highest BCUT2D eigenvalue weighted by Crippen LogP contribution is 2.10. The number of amides is 2. The predicted octanol–water partition coefficient (Wildman–Crippen LogP) is 0.780. The Balaban J connectivity index is 1.88. The van der Waals surface area contributed by atoms with Crippen LogP contribution in [0.3, 0.4) is 0 Å². The van der Waals surface area contributed by atoms with E-state index in [1.807, 2.05) is 30.3 Å². The molecular formula is C18H24N2O5. The van der Waals surface area contributed by atoms with Gasteiger partial charge in [0.1, 0.15) is 0 Å². The molecule has 1 atom stereocenters. The summed E-state index contributed by atoms with van der Waals surface area (Å²) in [7, 11) is 0. The van der Waals surface area contributed by atoms with Crippen LogP contribution in [-0.2, 0) is 25.5 Å². The molecule has 1 aromatic rings. The minimum atomic E-state index is -0.951. The molecule has 25 heavy (non-hydrogen) atoms. The third-order valence-electron chi connectivity index (χ3n) is 4.18. The van der Waals surface area contributed by atoms with Crippen LogP contribution >= 0.6 is 0 Å². The smallest absolute Gasteiger partial charge is 0.306 e. The molecule has 136 valence electrons. The second-order valence-electron chi connectivity index (χ2n) is 6.11. The average molecular weight is 348 g/mol. The van der Waals surface area contributed by atoms with Gasteiger partial charge in [-0.15, -0.1) is 0 Å². The van der Waals surface area contributed by atoms with Crippen LogP contribution < -0.4 is 0 Å². The van der Waals surface area contributed by atoms with Crippen LogP contribution in [-0.4, -0.2) is 71.6 Å². The molecule has 2 rings (SSSR count). The van der Waals surface area contributed by atoms with Crippen molar-refractivity contribution in [2.24, 2.45) is 0 Å². The summed E-state index contributed by atoms with van der Waals surface area (Å²) < 4.78 is 5.37. The summed E-state index contributed by atoms with van der Waals surface area (Å²) in [5.74, 6) is -1.28. The Labute approximate surface area is 147 Å². The van der Waals surface area contributed by atoms with Gasteiger partial charge in [0.25, 0.3) is 0 Å². The molecule has 1 aliphatic rings. The Morgan fingerprint density at radius 1 is 1.28 bits per heavy atom. The van der Waals surface area contributed by atoms with Gasteiger partial charge < -0.3 is 19.6 Å². The number of ether oxygens (including phenoxy) is 1. The largest absolute Gasteiger partial charge is 0.481 e. The molecule has 7 nitrogen and oxygen atoms in total. The van der Waals surface area contributed by atoms with Crippen LogP contribution in [0.15, 0.2) is 30.3 Å². The lowest BCUT2D eigenvalue weighted by atomic mass is 10.1. The number of aliphatic carboxylic acids is 1. The number of carbonyl (C=O) groups is 3. The van der Waals surface area contributed by atoms with E-state index in [0.717, 1.165) is 5.56 Å². The molecule has 1 aromatic carbocycles. The highest BCUT2D eigenvalue weighted by atomic mass is 16.5. The Bertz CT molecular complexity index is 605. The van der Waals surface area contributed by atoms with Gasteiger partial charge >= 0.3 is 5.97 Å². The van der Waals surface area contributed by atoms with E-state index in [0.29, 0.717) is 26.1 Å². The lowest BCUT2D eigenvalue weighted by Gasteiger charge is -2.33. The maximum absolute atomic E-state index is 12.5. The fraction of sp³-hybridized carbons (Fsp3) is 0.500. The summed E-state index contributed by atoms with van der Waals surface area (Å²) in [6.45, 7) is 2.89. The van der Waals surface area contributed by atoms with Gasteiger partial charge in [0.15, 0.2) is 0 Å². The van der Waals surface area contributed by atoms with Gasteiger partial charge in [0.05, 0.1) is 25.7 Å². The van der Waals surface area contributed by atoms with E-state index in [-0.39, 0.29) is 31.3 Å².